The minimum absolute atomic E-state index is 0.139. The van der Waals surface area contributed by atoms with Crippen LogP contribution >= 0.6 is 0 Å². The number of rotatable bonds is 5. The van der Waals surface area contributed by atoms with Crippen molar-refractivity contribution in [2.75, 3.05) is 13.2 Å². The van der Waals surface area contributed by atoms with E-state index in [9.17, 15) is 4.79 Å². The van der Waals surface area contributed by atoms with Crippen LogP contribution in [-0.2, 0) is 16.1 Å². The number of nitrogens with one attached hydrogen (secondary N) is 2. The topological polar surface area (TPSA) is 115 Å². The van der Waals surface area contributed by atoms with Crippen molar-refractivity contribution in [3.63, 3.8) is 0 Å². The number of nitrogens with zero attached hydrogens (tertiary/aromatic N) is 3. The Balaban J connectivity index is 1.43. The summed E-state index contributed by atoms with van der Waals surface area (Å²) in [6.07, 6.45) is 0.441. The molecule has 4 rings (SSSR count). The van der Waals surface area contributed by atoms with Crippen LogP contribution in [0.4, 0.5) is 0 Å². The molecule has 9 heteroatoms. The molecule has 27 heavy (non-hydrogen) atoms. The highest BCUT2D eigenvalue weighted by atomic mass is 16.5. The van der Waals surface area contributed by atoms with Gasteiger partial charge in [-0.3, -0.25) is 4.79 Å². The minimum atomic E-state index is -0.243. The predicted molar refractivity (Wildman–Crippen MR) is 95.1 cm³/mol. The van der Waals surface area contributed by atoms with Gasteiger partial charge in [-0.15, -0.1) is 0 Å². The summed E-state index contributed by atoms with van der Waals surface area (Å²) in [6, 6.07) is 5.08. The Bertz CT molecular complexity index is 931. The fraction of sp³-hybridized carbons (Fsp3) is 0.444. The highest BCUT2D eigenvalue weighted by Gasteiger charge is 2.29. The van der Waals surface area contributed by atoms with Gasteiger partial charge in [-0.2, -0.15) is 15.4 Å². The molecular weight excluding hydrogens is 350 g/mol. The van der Waals surface area contributed by atoms with Gasteiger partial charge in [0.1, 0.15) is 22.9 Å². The molecule has 0 bridgehead atoms. The second-order valence-corrected chi connectivity index (χ2v) is 6.62. The van der Waals surface area contributed by atoms with Gasteiger partial charge in [-0.05, 0) is 38.5 Å². The number of hydrogen-bond donors (Lipinski definition) is 2. The number of hydrogen-bond acceptors (Lipinski definition) is 7. The SMILES string of the molecule is Cc1noc(C)c1CO[C@@H]1COCC[C@H]1NC(=O)c1ccc2n[nH]nc2c1. The van der Waals surface area contributed by atoms with Crippen molar-refractivity contribution in [1.29, 1.82) is 0 Å². The summed E-state index contributed by atoms with van der Waals surface area (Å²) in [5.41, 5.74) is 3.65. The molecule has 1 aliphatic rings. The van der Waals surface area contributed by atoms with Crippen LogP contribution in [0.25, 0.3) is 11.0 Å². The van der Waals surface area contributed by atoms with E-state index in [0.717, 1.165) is 22.5 Å². The predicted octanol–water partition coefficient (Wildman–Crippen LogP) is 1.67. The minimum Gasteiger partial charge on any atom is -0.379 e. The van der Waals surface area contributed by atoms with Gasteiger partial charge in [0, 0.05) is 17.7 Å². The fourth-order valence-electron chi connectivity index (χ4n) is 3.17. The van der Waals surface area contributed by atoms with Crippen molar-refractivity contribution in [2.45, 2.75) is 39.0 Å². The molecule has 0 unspecified atom stereocenters. The summed E-state index contributed by atoms with van der Waals surface area (Å²) in [7, 11) is 0. The van der Waals surface area contributed by atoms with E-state index in [0.29, 0.717) is 37.3 Å². The highest BCUT2D eigenvalue weighted by molar-refractivity contribution is 5.97. The van der Waals surface area contributed by atoms with Crippen molar-refractivity contribution in [3.05, 3.63) is 40.8 Å². The van der Waals surface area contributed by atoms with Gasteiger partial charge in [0.05, 0.1) is 24.9 Å². The van der Waals surface area contributed by atoms with Crippen molar-refractivity contribution in [3.8, 4) is 0 Å². The Morgan fingerprint density at radius 1 is 1.33 bits per heavy atom. The maximum absolute atomic E-state index is 12.7. The maximum atomic E-state index is 12.7. The third-order valence-corrected chi connectivity index (χ3v) is 4.82. The standard InChI is InChI=1S/C18H21N5O4/c1-10-13(11(2)27-22-10)8-26-17-9-25-6-5-15(17)19-18(24)12-3-4-14-16(7-12)21-23-20-14/h3-4,7,15,17H,5-6,8-9H2,1-2H3,(H,19,24)(H,20,21,23)/t15-,17-/m1/s1. The van der Waals surface area contributed by atoms with Crippen molar-refractivity contribution >= 4 is 16.9 Å². The van der Waals surface area contributed by atoms with E-state index in [4.69, 9.17) is 14.0 Å². The monoisotopic (exact) mass is 371 g/mol. The lowest BCUT2D eigenvalue weighted by atomic mass is 10.0. The molecule has 0 radical (unpaired) electrons. The largest absolute Gasteiger partial charge is 0.379 e. The third kappa shape index (κ3) is 3.69. The molecule has 1 amide bonds. The van der Waals surface area contributed by atoms with E-state index in [1.54, 1.807) is 18.2 Å². The Labute approximate surface area is 155 Å². The van der Waals surface area contributed by atoms with Gasteiger partial charge in [0.25, 0.3) is 5.91 Å². The molecule has 142 valence electrons. The summed E-state index contributed by atoms with van der Waals surface area (Å²) in [6.45, 7) is 5.11. The zero-order chi connectivity index (χ0) is 18.8. The highest BCUT2D eigenvalue weighted by Crippen LogP contribution is 2.19. The van der Waals surface area contributed by atoms with Crippen LogP contribution in [0.15, 0.2) is 22.7 Å². The number of aromatic amines is 1. The average molecular weight is 371 g/mol. The second-order valence-electron chi connectivity index (χ2n) is 6.62. The number of H-pyrrole nitrogens is 1. The molecule has 3 aromatic rings. The summed E-state index contributed by atoms with van der Waals surface area (Å²) >= 11 is 0. The lowest BCUT2D eigenvalue weighted by Gasteiger charge is -2.32. The van der Waals surface area contributed by atoms with E-state index < -0.39 is 0 Å². The molecular formula is C18H21N5O4. The Morgan fingerprint density at radius 2 is 2.19 bits per heavy atom. The molecule has 2 N–H and O–H groups in total. The van der Waals surface area contributed by atoms with Crippen LogP contribution in [-0.4, -0.2) is 51.8 Å². The molecule has 1 aliphatic heterocycles. The van der Waals surface area contributed by atoms with Crippen LogP contribution in [0.3, 0.4) is 0 Å². The molecule has 1 saturated heterocycles. The summed E-state index contributed by atoms with van der Waals surface area (Å²) in [5, 5.41) is 17.6. The van der Waals surface area contributed by atoms with Gasteiger partial charge in [-0.1, -0.05) is 5.16 Å². The van der Waals surface area contributed by atoms with Crippen molar-refractivity contribution in [2.24, 2.45) is 0 Å². The third-order valence-electron chi connectivity index (χ3n) is 4.82. The normalized spacial score (nSPS) is 20.1. The lowest BCUT2D eigenvalue weighted by molar-refractivity contribution is -0.0739. The summed E-state index contributed by atoms with van der Waals surface area (Å²) in [5.74, 6) is 0.573. The molecule has 0 spiro atoms. The first-order chi connectivity index (χ1) is 13.1. The second kappa shape index (κ2) is 7.45. The van der Waals surface area contributed by atoms with E-state index in [1.807, 2.05) is 13.8 Å². The molecule has 2 atom stereocenters. The molecule has 3 heterocycles. The number of fused-ring (bicyclic) bond motifs is 1. The Kier molecular flexibility index (Phi) is 4.87. The van der Waals surface area contributed by atoms with Gasteiger partial charge < -0.3 is 19.3 Å². The number of benzene rings is 1. The first kappa shape index (κ1) is 17.6. The fourth-order valence-corrected chi connectivity index (χ4v) is 3.17. The number of carbonyl (C=O) groups excluding carboxylic acids is 1. The smallest absolute Gasteiger partial charge is 0.251 e. The number of ether oxygens (including phenoxy) is 2. The zero-order valence-electron chi connectivity index (χ0n) is 15.2. The van der Waals surface area contributed by atoms with Crippen LogP contribution < -0.4 is 5.32 Å². The van der Waals surface area contributed by atoms with Crippen LogP contribution in [0.1, 0.15) is 33.8 Å². The average Bonchev–Trinajstić information content (AvgIpc) is 3.27. The number of carbonyl (C=O) groups is 1. The summed E-state index contributed by atoms with van der Waals surface area (Å²) in [4.78, 5) is 12.7. The molecule has 2 aromatic heterocycles. The molecule has 1 aromatic carbocycles. The number of aryl methyl sites for hydroxylation is 2. The maximum Gasteiger partial charge on any atom is 0.251 e. The van der Waals surface area contributed by atoms with Gasteiger partial charge >= 0.3 is 0 Å². The van der Waals surface area contributed by atoms with Gasteiger partial charge in [0.2, 0.25) is 0 Å². The van der Waals surface area contributed by atoms with Gasteiger partial charge in [-0.25, -0.2) is 0 Å². The van der Waals surface area contributed by atoms with Crippen molar-refractivity contribution < 1.29 is 18.8 Å². The van der Waals surface area contributed by atoms with Crippen LogP contribution in [0, 0.1) is 13.8 Å². The molecule has 0 saturated carbocycles. The van der Waals surface area contributed by atoms with Crippen molar-refractivity contribution in [1.82, 2.24) is 25.9 Å². The molecule has 0 aliphatic carbocycles. The first-order valence-electron chi connectivity index (χ1n) is 8.84. The Hall–Kier alpha value is -2.78. The number of aromatic nitrogens is 4. The van der Waals surface area contributed by atoms with E-state index in [-0.39, 0.29) is 18.1 Å². The molecule has 9 nitrogen and oxygen atoms in total. The Morgan fingerprint density at radius 3 is 3.00 bits per heavy atom. The van der Waals surface area contributed by atoms with E-state index in [1.165, 1.54) is 0 Å². The number of amides is 1. The summed E-state index contributed by atoms with van der Waals surface area (Å²) < 4.78 is 16.7. The van der Waals surface area contributed by atoms with Crippen LogP contribution in [0.5, 0.6) is 0 Å². The van der Waals surface area contributed by atoms with Crippen LogP contribution in [0.2, 0.25) is 0 Å². The van der Waals surface area contributed by atoms with Gasteiger partial charge in [0.15, 0.2) is 0 Å². The lowest BCUT2D eigenvalue weighted by Crippen LogP contribution is -2.50. The molecule has 1 fully saturated rings. The first-order valence-corrected chi connectivity index (χ1v) is 8.84. The van der Waals surface area contributed by atoms with E-state index >= 15 is 0 Å². The van der Waals surface area contributed by atoms with E-state index in [2.05, 4.69) is 25.9 Å². The zero-order valence-corrected chi connectivity index (χ0v) is 15.2. The quantitative estimate of drug-likeness (QED) is 0.701.